The van der Waals surface area contributed by atoms with Gasteiger partial charge in [0, 0.05) is 23.6 Å². The number of nitrogens with zero attached hydrogens (tertiary/aromatic N) is 2. The van der Waals surface area contributed by atoms with Crippen molar-refractivity contribution in [1.82, 2.24) is 0 Å². The molecule has 19 nitrogen and oxygen atoms in total. The highest BCUT2D eigenvalue weighted by atomic mass is 32.3. The number of amides is 2. The Kier molecular flexibility index (Phi) is 10.7. The molecule has 0 saturated heterocycles. The van der Waals surface area contributed by atoms with Crippen molar-refractivity contribution in [1.29, 1.82) is 0 Å². The first kappa shape index (κ1) is 37.9. The molecule has 0 saturated carbocycles. The average Bonchev–Trinajstić information content (AvgIpc) is 2.98. The van der Waals surface area contributed by atoms with Crippen molar-refractivity contribution in [2.75, 3.05) is 23.0 Å². The molecule has 6 N–H and O–H groups in total. The molecule has 0 unspecified atom stereocenters. The molecular formula is C27H24N4O15S4. The molecule has 0 aromatic heterocycles. The Bertz CT molecular complexity index is 2500. The van der Waals surface area contributed by atoms with E-state index in [-0.39, 0.29) is 38.3 Å². The summed E-state index contributed by atoms with van der Waals surface area (Å²) in [5.41, 5.74) is -1.11. The molecule has 4 rings (SSSR count). The number of benzene rings is 4. The molecule has 0 aliphatic heterocycles. The van der Waals surface area contributed by atoms with Crippen LogP contribution in [0.1, 0.15) is 17.3 Å². The molecular weight excluding hydrogens is 749 g/mol. The van der Waals surface area contributed by atoms with Gasteiger partial charge in [0.25, 0.3) is 26.1 Å². The van der Waals surface area contributed by atoms with Crippen molar-refractivity contribution in [2.45, 2.75) is 21.6 Å². The Morgan fingerprint density at radius 3 is 2.02 bits per heavy atom. The lowest BCUT2D eigenvalue weighted by Crippen LogP contribution is -2.16. The summed E-state index contributed by atoms with van der Waals surface area (Å²) < 4.78 is 126. The van der Waals surface area contributed by atoms with E-state index >= 15 is 0 Å². The van der Waals surface area contributed by atoms with Crippen LogP contribution < -0.4 is 10.6 Å². The lowest BCUT2D eigenvalue weighted by Gasteiger charge is -2.14. The summed E-state index contributed by atoms with van der Waals surface area (Å²) in [5.74, 6) is -3.19. The number of rotatable bonds is 12. The molecule has 0 aliphatic carbocycles. The van der Waals surface area contributed by atoms with Gasteiger partial charge in [0.1, 0.15) is 10.6 Å². The van der Waals surface area contributed by atoms with Gasteiger partial charge in [-0.15, -0.1) is 5.11 Å². The van der Waals surface area contributed by atoms with Gasteiger partial charge in [-0.1, -0.05) is 6.07 Å². The number of azo groups is 1. The molecule has 0 fully saturated rings. The fourth-order valence-electron chi connectivity index (χ4n) is 4.31. The highest BCUT2D eigenvalue weighted by molar-refractivity contribution is 7.91. The molecule has 266 valence electrons. The highest BCUT2D eigenvalue weighted by Gasteiger charge is 2.26. The maximum atomic E-state index is 12.8. The maximum Gasteiger partial charge on any atom is 0.397 e. The van der Waals surface area contributed by atoms with Crippen LogP contribution >= 0.6 is 0 Å². The second-order valence-corrected chi connectivity index (χ2v) is 16.1. The van der Waals surface area contributed by atoms with Crippen molar-refractivity contribution >= 4 is 85.8 Å². The van der Waals surface area contributed by atoms with Crippen LogP contribution in [0.5, 0.6) is 5.75 Å². The van der Waals surface area contributed by atoms with Gasteiger partial charge in [-0.05, 0) is 66.0 Å². The number of anilines is 2. The zero-order chi connectivity index (χ0) is 37.2. The van der Waals surface area contributed by atoms with Crippen molar-refractivity contribution in [3.05, 3.63) is 72.3 Å². The maximum absolute atomic E-state index is 12.8. The first-order chi connectivity index (χ1) is 23.0. The number of aromatic hydroxyl groups is 1. The standard InChI is InChI=1S/C27H24N4O15S4/c1-15(32)28-22-14-21(48(37,38)39)11-17-12-23(49(40,41)42)25(26(33)24(17)22)31-30-18-7-5-16(6-8-18)27(34)29-19-3-2-4-20(13-19)47(35,36)10-9-46-50(43,44)45/h2-8,11-14,33H,9-10H2,1H3,(H,28,32)(H,29,34)(H,37,38,39)(H,40,41,42)(H,43,44,45)/b31-30+. The lowest BCUT2D eigenvalue weighted by atomic mass is 10.1. The number of hydrogen-bond donors (Lipinski definition) is 6. The average molecular weight is 773 g/mol. The van der Waals surface area contributed by atoms with Gasteiger partial charge in [0.2, 0.25) is 5.91 Å². The van der Waals surface area contributed by atoms with Crippen LogP contribution in [0.3, 0.4) is 0 Å². The van der Waals surface area contributed by atoms with Crippen LogP contribution in [0.15, 0.2) is 91.6 Å². The van der Waals surface area contributed by atoms with Gasteiger partial charge in [0.15, 0.2) is 15.6 Å². The van der Waals surface area contributed by atoms with E-state index in [4.69, 9.17) is 4.55 Å². The SMILES string of the molecule is CC(=O)Nc1cc(S(=O)(=O)O)cc2cc(S(=O)(=O)O)c(/N=N/c3ccc(C(=O)Nc4cccc(S(=O)(=O)CCOS(=O)(=O)O)c4)cc3)c(O)c12. The highest BCUT2D eigenvalue weighted by Crippen LogP contribution is 2.45. The Morgan fingerprint density at radius 2 is 1.44 bits per heavy atom. The molecule has 0 heterocycles. The number of fused-ring (bicyclic) bond motifs is 1. The van der Waals surface area contributed by atoms with Gasteiger partial charge < -0.3 is 15.7 Å². The Balaban J connectivity index is 1.62. The number of phenols is 1. The van der Waals surface area contributed by atoms with Crippen LogP contribution in [0.4, 0.5) is 22.7 Å². The summed E-state index contributed by atoms with van der Waals surface area (Å²) in [6.07, 6.45) is 0. The van der Waals surface area contributed by atoms with Crippen molar-refractivity contribution in [3.8, 4) is 5.75 Å². The van der Waals surface area contributed by atoms with E-state index in [9.17, 15) is 57.5 Å². The summed E-state index contributed by atoms with van der Waals surface area (Å²) in [4.78, 5) is 22.5. The Hall–Kier alpha value is -4.88. The fraction of sp³-hybridized carbons (Fsp3) is 0.111. The second-order valence-electron chi connectivity index (χ2n) is 10.1. The van der Waals surface area contributed by atoms with Crippen molar-refractivity contribution < 1.29 is 66.2 Å². The Morgan fingerprint density at radius 1 is 0.780 bits per heavy atom. The largest absolute Gasteiger partial charge is 0.505 e. The smallest absolute Gasteiger partial charge is 0.397 e. The van der Waals surface area contributed by atoms with E-state index in [2.05, 4.69) is 25.0 Å². The summed E-state index contributed by atoms with van der Waals surface area (Å²) in [7, 11) is -19.0. The summed E-state index contributed by atoms with van der Waals surface area (Å²) in [6.45, 7) is 0.201. The molecule has 50 heavy (non-hydrogen) atoms. The summed E-state index contributed by atoms with van der Waals surface area (Å²) in [6, 6.07) is 12.3. The van der Waals surface area contributed by atoms with Gasteiger partial charge in [-0.25, -0.2) is 12.6 Å². The number of nitrogens with one attached hydrogen (secondary N) is 2. The van der Waals surface area contributed by atoms with E-state index in [0.29, 0.717) is 0 Å². The van der Waals surface area contributed by atoms with Gasteiger partial charge in [-0.3, -0.25) is 23.2 Å². The van der Waals surface area contributed by atoms with E-state index in [1.54, 1.807) is 0 Å². The zero-order valence-corrected chi connectivity index (χ0v) is 28.3. The third kappa shape index (κ3) is 9.42. The first-order valence-corrected chi connectivity index (χ1v) is 19.3. The number of phenolic OH excluding ortho intramolecular Hbond substituents is 1. The molecule has 4 aromatic rings. The summed E-state index contributed by atoms with van der Waals surface area (Å²) in [5, 5.41) is 22.7. The molecule has 0 radical (unpaired) electrons. The zero-order valence-electron chi connectivity index (χ0n) is 25.1. The number of carbonyl (C=O) groups is 2. The van der Waals surface area contributed by atoms with Gasteiger partial charge in [0.05, 0.1) is 33.5 Å². The van der Waals surface area contributed by atoms with Crippen LogP contribution in [0, 0.1) is 0 Å². The van der Waals surface area contributed by atoms with E-state index in [1.165, 1.54) is 42.5 Å². The van der Waals surface area contributed by atoms with Gasteiger partial charge in [-0.2, -0.15) is 30.4 Å². The third-order valence-electron chi connectivity index (χ3n) is 6.44. The van der Waals surface area contributed by atoms with E-state index < -0.39 is 85.9 Å². The molecule has 23 heteroatoms. The normalized spacial score (nSPS) is 12.6. The Labute approximate surface area is 284 Å². The van der Waals surface area contributed by atoms with Gasteiger partial charge >= 0.3 is 10.4 Å². The minimum Gasteiger partial charge on any atom is -0.505 e. The molecule has 0 aliphatic rings. The van der Waals surface area contributed by atoms with E-state index in [1.807, 2.05) is 0 Å². The second kappa shape index (κ2) is 14.2. The predicted octanol–water partition coefficient (Wildman–Crippen LogP) is 3.26. The number of sulfone groups is 1. The fourth-order valence-corrected chi connectivity index (χ4v) is 7.05. The van der Waals surface area contributed by atoms with Crippen LogP contribution in [0.2, 0.25) is 0 Å². The molecule has 4 aromatic carbocycles. The van der Waals surface area contributed by atoms with Crippen LogP contribution in [0.25, 0.3) is 10.8 Å². The summed E-state index contributed by atoms with van der Waals surface area (Å²) >= 11 is 0. The lowest BCUT2D eigenvalue weighted by molar-refractivity contribution is -0.114. The number of hydrogen-bond acceptors (Lipinski definition) is 14. The van der Waals surface area contributed by atoms with Crippen LogP contribution in [-0.4, -0.2) is 76.6 Å². The van der Waals surface area contributed by atoms with Crippen molar-refractivity contribution in [2.24, 2.45) is 10.2 Å². The monoisotopic (exact) mass is 772 g/mol. The third-order valence-corrected chi connectivity index (χ3v) is 10.3. The minimum atomic E-state index is -5.15. The first-order valence-electron chi connectivity index (χ1n) is 13.4. The predicted molar refractivity (Wildman–Crippen MR) is 174 cm³/mol. The molecule has 2 amide bonds. The van der Waals surface area contributed by atoms with Crippen LogP contribution in [-0.2, 0) is 49.5 Å². The van der Waals surface area contributed by atoms with Crippen molar-refractivity contribution in [3.63, 3.8) is 0 Å². The topological polar surface area (TPSA) is 310 Å². The molecule has 0 atom stereocenters. The molecule has 0 spiro atoms. The van der Waals surface area contributed by atoms with E-state index in [0.717, 1.165) is 31.2 Å². The number of carbonyl (C=O) groups excluding carboxylic acids is 2. The minimum absolute atomic E-state index is 0.00801. The quantitative estimate of drug-likeness (QED) is 0.0889. The molecule has 0 bridgehead atoms.